The van der Waals surface area contributed by atoms with Crippen LogP contribution in [-0.4, -0.2) is 15.7 Å². The minimum atomic E-state index is -0.629. The van der Waals surface area contributed by atoms with Gasteiger partial charge in [-0.15, -0.1) is 0 Å². The number of nitrogen functional groups attached to an aromatic ring is 1. The van der Waals surface area contributed by atoms with E-state index in [0.717, 1.165) is 0 Å². The maximum atomic E-state index is 13.2. The van der Waals surface area contributed by atoms with E-state index in [-0.39, 0.29) is 17.1 Å². The van der Waals surface area contributed by atoms with Gasteiger partial charge < -0.3 is 11.1 Å². The summed E-state index contributed by atoms with van der Waals surface area (Å²) in [6.07, 6.45) is 1.56. The number of amides is 1. The molecule has 0 aliphatic rings. The zero-order valence-corrected chi connectivity index (χ0v) is 10.9. The topological polar surface area (TPSA) is 72.9 Å². The highest BCUT2D eigenvalue weighted by Crippen LogP contribution is 2.19. The summed E-state index contributed by atoms with van der Waals surface area (Å²) in [6, 6.07) is 4.07. The predicted octanol–water partition coefficient (Wildman–Crippen LogP) is 1.72. The summed E-state index contributed by atoms with van der Waals surface area (Å²) in [5.41, 5.74) is 6.52. The van der Waals surface area contributed by atoms with E-state index < -0.39 is 11.7 Å². The molecule has 0 bridgehead atoms. The number of anilines is 1. The first-order valence-corrected chi connectivity index (χ1v) is 5.87. The SMILES string of the molecule is Cn1ncc(CNC(=O)c2cccc(F)c2Cl)c1N. The van der Waals surface area contributed by atoms with Crippen LogP contribution in [0.5, 0.6) is 0 Å². The average molecular weight is 283 g/mol. The standard InChI is InChI=1S/C12H12ClFN4O/c1-18-11(15)7(6-17-18)5-16-12(19)8-3-2-4-9(14)10(8)13/h2-4,6H,5,15H2,1H3,(H,16,19). The molecule has 0 fully saturated rings. The Kier molecular flexibility index (Phi) is 3.71. The Balaban J connectivity index is 2.10. The van der Waals surface area contributed by atoms with E-state index in [9.17, 15) is 9.18 Å². The number of rotatable bonds is 3. The van der Waals surface area contributed by atoms with Crippen LogP contribution in [-0.2, 0) is 13.6 Å². The molecule has 0 saturated heterocycles. The van der Waals surface area contributed by atoms with Gasteiger partial charge in [0.05, 0.1) is 16.8 Å². The smallest absolute Gasteiger partial charge is 0.253 e. The third kappa shape index (κ3) is 2.68. The average Bonchev–Trinajstić information content (AvgIpc) is 2.70. The molecular weight excluding hydrogens is 271 g/mol. The van der Waals surface area contributed by atoms with Gasteiger partial charge in [-0.2, -0.15) is 5.10 Å². The van der Waals surface area contributed by atoms with Crippen molar-refractivity contribution in [2.75, 3.05) is 5.73 Å². The Labute approximate surface area is 114 Å². The van der Waals surface area contributed by atoms with Crippen molar-refractivity contribution in [2.45, 2.75) is 6.54 Å². The third-order valence-electron chi connectivity index (χ3n) is 2.70. The Morgan fingerprint density at radius 2 is 2.32 bits per heavy atom. The van der Waals surface area contributed by atoms with Crippen molar-refractivity contribution in [3.8, 4) is 0 Å². The number of nitrogens with two attached hydrogens (primary N) is 1. The van der Waals surface area contributed by atoms with Crippen LogP contribution in [0.4, 0.5) is 10.2 Å². The molecule has 19 heavy (non-hydrogen) atoms. The maximum absolute atomic E-state index is 13.2. The van der Waals surface area contributed by atoms with E-state index in [1.165, 1.54) is 22.9 Å². The van der Waals surface area contributed by atoms with Gasteiger partial charge in [0.1, 0.15) is 11.6 Å². The number of halogens is 2. The lowest BCUT2D eigenvalue weighted by Gasteiger charge is -2.06. The van der Waals surface area contributed by atoms with Gasteiger partial charge in [0, 0.05) is 19.2 Å². The molecule has 2 rings (SSSR count). The first-order valence-electron chi connectivity index (χ1n) is 5.49. The van der Waals surface area contributed by atoms with Gasteiger partial charge in [0.25, 0.3) is 5.91 Å². The Morgan fingerprint density at radius 3 is 2.95 bits per heavy atom. The van der Waals surface area contributed by atoms with E-state index in [0.29, 0.717) is 11.4 Å². The summed E-state index contributed by atoms with van der Waals surface area (Å²) < 4.78 is 14.7. The lowest BCUT2D eigenvalue weighted by molar-refractivity contribution is 0.0950. The molecule has 5 nitrogen and oxygen atoms in total. The lowest BCUT2D eigenvalue weighted by atomic mass is 10.2. The first-order chi connectivity index (χ1) is 9.00. The number of carbonyl (C=O) groups is 1. The predicted molar refractivity (Wildman–Crippen MR) is 70.2 cm³/mol. The molecule has 0 unspecified atom stereocenters. The monoisotopic (exact) mass is 282 g/mol. The largest absolute Gasteiger partial charge is 0.384 e. The summed E-state index contributed by atoms with van der Waals surface area (Å²) in [7, 11) is 1.70. The second kappa shape index (κ2) is 5.27. The van der Waals surface area contributed by atoms with E-state index in [1.54, 1.807) is 13.2 Å². The van der Waals surface area contributed by atoms with Crippen LogP contribution >= 0.6 is 11.6 Å². The number of hydrogen-bond acceptors (Lipinski definition) is 3. The number of hydrogen-bond donors (Lipinski definition) is 2. The van der Waals surface area contributed by atoms with E-state index in [2.05, 4.69) is 10.4 Å². The van der Waals surface area contributed by atoms with Crippen LogP contribution in [0, 0.1) is 5.82 Å². The summed E-state index contributed by atoms with van der Waals surface area (Å²) in [5, 5.41) is 6.37. The molecule has 1 aromatic heterocycles. The molecule has 100 valence electrons. The second-order valence-corrected chi connectivity index (χ2v) is 4.34. The third-order valence-corrected chi connectivity index (χ3v) is 3.08. The molecule has 3 N–H and O–H groups in total. The van der Waals surface area contributed by atoms with Crippen LogP contribution in [0.3, 0.4) is 0 Å². The molecule has 2 aromatic rings. The molecule has 0 spiro atoms. The van der Waals surface area contributed by atoms with Gasteiger partial charge in [-0.05, 0) is 12.1 Å². The summed E-state index contributed by atoms with van der Waals surface area (Å²) in [4.78, 5) is 11.9. The van der Waals surface area contributed by atoms with Gasteiger partial charge >= 0.3 is 0 Å². The van der Waals surface area contributed by atoms with Gasteiger partial charge in [-0.3, -0.25) is 9.48 Å². The number of benzene rings is 1. The highest BCUT2D eigenvalue weighted by molar-refractivity contribution is 6.34. The summed E-state index contributed by atoms with van der Waals surface area (Å²) in [6.45, 7) is 0.200. The van der Waals surface area contributed by atoms with Gasteiger partial charge in [-0.1, -0.05) is 17.7 Å². The van der Waals surface area contributed by atoms with Crippen molar-refractivity contribution in [2.24, 2.45) is 7.05 Å². The number of aromatic nitrogens is 2. The zero-order valence-electron chi connectivity index (χ0n) is 10.2. The molecule has 7 heteroatoms. The highest BCUT2D eigenvalue weighted by atomic mass is 35.5. The normalized spacial score (nSPS) is 10.5. The molecule has 0 saturated carbocycles. The Bertz CT molecular complexity index is 626. The van der Waals surface area contributed by atoms with Crippen LogP contribution < -0.4 is 11.1 Å². The minimum Gasteiger partial charge on any atom is -0.384 e. The molecular formula is C12H12ClFN4O. The lowest BCUT2D eigenvalue weighted by Crippen LogP contribution is -2.23. The molecule has 1 aromatic carbocycles. The van der Waals surface area contributed by atoms with Crippen molar-refractivity contribution in [1.29, 1.82) is 0 Å². The fraction of sp³-hybridized carbons (Fsp3) is 0.167. The van der Waals surface area contributed by atoms with Crippen molar-refractivity contribution < 1.29 is 9.18 Å². The molecule has 0 atom stereocenters. The van der Waals surface area contributed by atoms with Crippen molar-refractivity contribution in [1.82, 2.24) is 15.1 Å². The first kappa shape index (κ1) is 13.4. The number of nitrogens with one attached hydrogen (secondary N) is 1. The van der Waals surface area contributed by atoms with Crippen LogP contribution in [0.2, 0.25) is 5.02 Å². The second-order valence-electron chi connectivity index (χ2n) is 3.96. The van der Waals surface area contributed by atoms with Crippen molar-refractivity contribution >= 4 is 23.3 Å². The van der Waals surface area contributed by atoms with Gasteiger partial charge in [0.15, 0.2) is 0 Å². The number of aryl methyl sites for hydroxylation is 1. The quantitative estimate of drug-likeness (QED) is 0.900. The molecule has 0 radical (unpaired) electrons. The van der Waals surface area contributed by atoms with Gasteiger partial charge in [-0.25, -0.2) is 4.39 Å². The number of nitrogens with zero attached hydrogens (tertiary/aromatic N) is 2. The summed E-state index contributed by atoms with van der Waals surface area (Å²) >= 11 is 5.73. The van der Waals surface area contributed by atoms with E-state index in [4.69, 9.17) is 17.3 Å². The van der Waals surface area contributed by atoms with E-state index in [1.807, 2.05) is 0 Å². The minimum absolute atomic E-state index is 0.0872. The Hall–Kier alpha value is -2.08. The van der Waals surface area contributed by atoms with Crippen molar-refractivity contribution in [3.05, 3.63) is 46.4 Å². The molecule has 1 heterocycles. The molecule has 0 aliphatic carbocycles. The van der Waals surface area contributed by atoms with Crippen molar-refractivity contribution in [3.63, 3.8) is 0 Å². The molecule has 0 aliphatic heterocycles. The fourth-order valence-corrected chi connectivity index (χ4v) is 1.79. The summed E-state index contributed by atoms with van der Waals surface area (Å²) in [5.74, 6) is -0.631. The van der Waals surface area contributed by atoms with Crippen LogP contribution in [0.25, 0.3) is 0 Å². The van der Waals surface area contributed by atoms with E-state index >= 15 is 0 Å². The van der Waals surface area contributed by atoms with Crippen LogP contribution in [0.1, 0.15) is 15.9 Å². The van der Waals surface area contributed by atoms with Gasteiger partial charge in [0.2, 0.25) is 0 Å². The Morgan fingerprint density at radius 1 is 1.58 bits per heavy atom. The zero-order chi connectivity index (χ0) is 14.0. The fourth-order valence-electron chi connectivity index (χ4n) is 1.58. The molecule has 1 amide bonds. The van der Waals surface area contributed by atoms with Crippen LogP contribution in [0.15, 0.2) is 24.4 Å². The number of carbonyl (C=O) groups excluding carboxylic acids is 1. The maximum Gasteiger partial charge on any atom is 0.253 e. The highest BCUT2D eigenvalue weighted by Gasteiger charge is 2.14.